The molecule has 0 aliphatic carbocycles. The number of carbonyl (C=O) groups excluding carboxylic acids is 2. The van der Waals surface area contributed by atoms with Gasteiger partial charge in [0.2, 0.25) is 5.91 Å². The number of fused-ring (bicyclic) bond motifs is 1. The predicted molar refractivity (Wildman–Crippen MR) is 107 cm³/mol. The minimum atomic E-state index is -0.313. The maximum absolute atomic E-state index is 13.3. The molecule has 0 unspecified atom stereocenters. The maximum atomic E-state index is 13.3. The van der Waals surface area contributed by atoms with Crippen LogP contribution >= 0.6 is 0 Å². The van der Waals surface area contributed by atoms with E-state index in [4.69, 9.17) is 4.74 Å². The molecule has 2 saturated heterocycles. The van der Waals surface area contributed by atoms with E-state index >= 15 is 0 Å². The smallest absolute Gasteiger partial charge is 0.257 e. The van der Waals surface area contributed by atoms with Gasteiger partial charge >= 0.3 is 0 Å². The van der Waals surface area contributed by atoms with Gasteiger partial charge < -0.3 is 14.5 Å². The summed E-state index contributed by atoms with van der Waals surface area (Å²) in [6.45, 7) is 8.25. The third kappa shape index (κ3) is 3.36. The summed E-state index contributed by atoms with van der Waals surface area (Å²) in [5, 5.41) is 7.37. The van der Waals surface area contributed by atoms with E-state index in [0.717, 1.165) is 18.1 Å². The van der Waals surface area contributed by atoms with E-state index in [0.29, 0.717) is 44.1 Å². The number of ether oxygens (including phenoxy) is 1. The number of hydrogen-bond donors (Lipinski definition) is 1. The number of benzene rings is 1. The average Bonchev–Trinajstić information content (AvgIpc) is 3.32. The van der Waals surface area contributed by atoms with Crippen molar-refractivity contribution < 1.29 is 14.3 Å². The number of aryl methyl sites for hydroxylation is 1. The number of aromatic amines is 1. The number of rotatable bonds is 4. The molecule has 2 atom stereocenters. The van der Waals surface area contributed by atoms with Crippen LogP contribution in [0.1, 0.15) is 42.3 Å². The molecule has 0 spiro atoms. The summed E-state index contributed by atoms with van der Waals surface area (Å²) < 4.78 is 5.65. The molecule has 1 N–H and O–H groups in total. The van der Waals surface area contributed by atoms with Crippen molar-refractivity contribution in [3.8, 4) is 5.75 Å². The molecule has 29 heavy (non-hydrogen) atoms. The number of hydrogen-bond acceptors (Lipinski definition) is 5. The van der Waals surface area contributed by atoms with E-state index in [-0.39, 0.29) is 23.1 Å². The fourth-order valence-electron chi connectivity index (χ4n) is 4.63. The second-order valence-corrected chi connectivity index (χ2v) is 7.93. The minimum Gasteiger partial charge on any atom is -0.493 e. The average molecular weight is 397 g/mol. The van der Waals surface area contributed by atoms with Gasteiger partial charge in [-0.25, -0.2) is 4.98 Å². The molecule has 0 saturated carbocycles. The van der Waals surface area contributed by atoms with Gasteiger partial charge in [-0.2, -0.15) is 5.10 Å². The Morgan fingerprint density at radius 3 is 2.72 bits per heavy atom. The number of aromatic nitrogens is 3. The van der Waals surface area contributed by atoms with Crippen molar-refractivity contribution in [2.75, 3.05) is 32.8 Å². The summed E-state index contributed by atoms with van der Waals surface area (Å²) in [5.41, 5.74) is 0.268. The Balaban J connectivity index is 1.61. The Hall–Kier alpha value is -2.90. The van der Waals surface area contributed by atoms with Crippen LogP contribution in [0.3, 0.4) is 0 Å². The Labute approximate surface area is 170 Å². The van der Waals surface area contributed by atoms with Gasteiger partial charge in [-0.15, -0.1) is 0 Å². The van der Waals surface area contributed by atoms with Crippen molar-refractivity contribution in [2.24, 2.45) is 5.92 Å². The van der Waals surface area contributed by atoms with E-state index in [2.05, 4.69) is 15.2 Å². The number of nitrogens with zero attached hydrogens (tertiary/aromatic N) is 4. The van der Waals surface area contributed by atoms with Crippen LogP contribution in [0.4, 0.5) is 0 Å². The summed E-state index contributed by atoms with van der Waals surface area (Å²) in [6, 6.07) is 7.36. The lowest BCUT2D eigenvalue weighted by Gasteiger charge is -2.41. The molecule has 0 radical (unpaired) electrons. The number of carbonyl (C=O) groups is 2. The second-order valence-electron chi connectivity index (χ2n) is 7.93. The van der Waals surface area contributed by atoms with Crippen molar-refractivity contribution in [2.45, 2.75) is 32.6 Å². The van der Waals surface area contributed by atoms with Crippen molar-refractivity contribution in [1.29, 1.82) is 0 Å². The highest BCUT2D eigenvalue weighted by Gasteiger charge is 2.54. The van der Waals surface area contributed by atoms with Crippen LogP contribution in [-0.2, 0) is 10.2 Å². The zero-order chi connectivity index (χ0) is 20.6. The van der Waals surface area contributed by atoms with E-state index in [1.807, 2.05) is 47.9 Å². The molecule has 2 amide bonds. The molecule has 1 aromatic carbocycles. The molecule has 1 aromatic heterocycles. The number of H-pyrrole nitrogens is 1. The molecule has 3 heterocycles. The zero-order valence-electron chi connectivity index (χ0n) is 17.1. The van der Waals surface area contributed by atoms with Crippen molar-refractivity contribution in [3.63, 3.8) is 0 Å². The Morgan fingerprint density at radius 1 is 1.28 bits per heavy atom. The number of likely N-dealkylation sites (tertiary alicyclic amines) is 2. The molecule has 2 aromatic rings. The topological polar surface area (TPSA) is 91.4 Å². The first-order valence-corrected chi connectivity index (χ1v) is 10.1. The summed E-state index contributed by atoms with van der Waals surface area (Å²) in [7, 11) is 0. The lowest BCUT2D eigenvalue weighted by Crippen LogP contribution is -2.51. The molecule has 2 fully saturated rings. The SMILES string of the molecule is CCOc1ccccc1C(=O)N1CC[C@@]2(c3n[nH]c(C)n3)CN(C(C)=O)C[C@H]2C1. The Bertz CT molecular complexity index is 927. The standard InChI is InChI=1S/C21H27N5O3/c1-4-29-18-8-6-5-7-17(18)19(28)25-10-9-21(20-22-14(2)23-24-20)13-26(15(3)27)12-16(21)11-25/h5-8,16H,4,9-13H2,1-3H3,(H,22,23,24)/t16-,21-/m1/s1. The van der Waals surface area contributed by atoms with Gasteiger partial charge in [0.25, 0.3) is 5.91 Å². The monoisotopic (exact) mass is 397 g/mol. The quantitative estimate of drug-likeness (QED) is 0.849. The molecule has 154 valence electrons. The fraction of sp³-hybridized carbons (Fsp3) is 0.524. The van der Waals surface area contributed by atoms with Gasteiger partial charge in [0.05, 0.1) is 17.6 Å². The maximum Gasteiger partial charge on any atom is 0.257 e. The summed E-state index contributed by atoms with van der Waals surface area (Å²) in [6.07, 6.45) is 0.723. The third-order valence-electron chi connectivity index (χ3n) is 6.16. The van der Waals surface area contributed by atoms with Gasteiger partial charge in [-0.3, -0.25) is 14.7 Å². The molecule has 4 rings (SSSR count). The number of para-hydroxylation sites is 1. The molecule has 0 bridgehead atoms. The van der Waals surface area contributed by atoms with Gasteiger partial charge in [0.15, 0.2) is 5.82 Å². The van der Waals surface area contributed by atoms with Crippen LogP contribution in [0.5, 0.6) is 5.75 Å². The largest absolute Gasteiger partial charge is 0.493 e. The van der Waals surface area contributed by atoms with Crippen LogP contribution in [0.2, 0.25) is 0 Å². The summed E-state index contributed by atoms with van der Waals surface area (Å²) in [4.78, 5) is 33.7. The fourth-order valence-corrected chi connectivity index (χ4v) is 4.63. The van der Waals surface area contributed by atoms with Crippen molar-refractivity contribution >= 4 is 11.8 Å². The van der Waals surface area contributed by atoms with Crippen LogP contribution in [0, 0.1) is 12.8 Å². The van der Waals surface area contributed by atoms with Crippen LogP contribution in [-0.4, -0.2) is 69.6 Å². The Morgan fingerprint density at radius 2 is 2.03 bits per heavy atom. The lowest BCUT2D eigenvalue weighted by atomic mass is 9.71. The Kier molecular flexibility index (Phi) is 5.02. The van der Waals surface area contributed by atoms with E-state index in [1.54, 1.807) is 6.92 Å². The number of nitrogens with one attached hydrogen (secondary N) is 1. The minimum absolute atomic E-state index is 0.0323. The van der Waals surface area contributed by atoms with E-state index in [9.17, 15) is 9.59 Å². The predicted octanol–water partition coefficient (Wildman–Crippen LogP) is 1.77. The molecular formula is C21H27N5O3. The van der Waals surface area contributed by atoms with Crippen LogP contribution < -0.4 is 4.74 Å². The second kappa shape index (κ2) is 7.50. The lowest BCUT2D eigenvalue weighted by molar-refractivity contribution is -0.128. The molecule has 8 nitrogen and oxygen atoms in total. The van der Waals surface area contributed by atoms with Gasteiger partial charge in [-0.1, -0.05) is 12.1 Å². The van der Waals surface area contributed by atoms with E-state index in [1.165, 1.54) is 0 Å². The van der Waals surface area contributed by atoms with Gasteiger partial charge in [0, 0.05) is 39.0 Å². The summed E-state index contributed by atoms with van der Waals surface area (Å²) >= 11 is 0. The normalized spacial score (nSPS) is 23.8. The van der Waals surface area contributed by atoms with Crippen molar-refractivity contribution in [1.82, 2.24) is 25.0 Å². The highest BCUT2D eigenvalue weighted by molar-refractivity contribution is 5.97. The highest BCUT2D eigenvalue weighted by Crippen LogP contribution is 2.44. The third-order valence-corrected chi connectivity index (χ3v) is 6.16. The van der Waals surface area contributed by atoms with Crippen LogP contribution in [0.15, 0.2) is 24.3 Å². The molecule has 2 aliphatic heterocycles. The number of amides is 2. The highest BCUT2D eigenvalue weighted by atomic mass is 16.5. The zero-order valence-corrected chi connectivity index (χ0v) is 17.1. The first-order chi connectivity index (χ1) is 13.9. The molecule has 2 aliphatic rings. The van der Waals surface area contributed by atoms with Gasteiger partial charge in [-0.05, 0) is 32.4 Å². The number of piperidine rings is 1. The van der Waals surface area contributed by atoms with Gasteiger partial charge in [0.1, 0.15) is 11.6 Å². The molecular weight excluding hydrogens is 370 g/mol. The first kappa shape index (κ1) is 19.4. The molecule has 8 heteroatoms. The summed E-state index contributed by atoms with van der Waals surface area (Å²) in [5.74, 6) is 2.24. The van der Waals surface area contributed by atoms with Crippen molar-refractivity contribution in [3.05, 3.63) is 41.5 Å². The first-order valence-electron chi connectivity index (χ1n) is 10.1. The van der Waals surface area contributed by atoms with E-state index < -0.39 is 0 Å². The van der Waals surface area contributed by atoms with Crippen LogP contribution in [0.25, 0.3) is 0 Å².